The number of amides is 4. The van der Waals surface area contributed by atoms with E-state index < -0.39 is 67.7 Å². The summed E-state index contributed by atoms with van der Waals surface area (Å²) in [6.07, 6.45) is -1.50. The topological polar surface area (TPSA) is 159 Å². The number of likely N-dealkylation sites (tertiary alicyclic amines) is 1. The summed E-state index contributed by atoms with van der Waals surface area (Å²) < 4.78 is 37.8. The molecular formula is C28H33F2N5O8. The van der Waals surface area contributed by atoms with Crippen molar-refractivity contribution in [3.05, 3.63) is 36.0 Å². The Kier molecular flexibility index (Phi) is 9.93. The van der Waals surface area contributed by atoms with Crippen molar-refractivity contribution in [2.45, 2.75) is 38.2 Å². The minimum absolute atomic E-state index is 0.0937. The number of benzene rings is 1. The molecule has 2 N–H and O–H groups in total. The second-order valence-electron chi connectivity index (χ2n) is 10.2. The van der Waals surface area contributed by atoms with Crippen LogP contribution in [0.1, 0.15) is 36.7 Å². The van der Waals surface area contributed by atoms with Crippen molar-refractivity contribution in [2.75, 3.05) is 52.5 Å². The van der Waals surface area contributed by atoms with Crippen molar-refractivity contribution in [1.29, 1.82) is 0 Å². The van der Waals surface area contributed by atoms with Crippen LogP contribution in [0.4, 0.5) is 13.6 Å². The third-order valence-corrected chi connectivity index (χ3v) is 7.15. The van der Waals surface area contributed by atoms with Gasteiger partial charge in [-0.25, -0.2) is 18.6 Å². The van der Waals surface area contributed by atoms with Crippen LogP contribution in [0, 0.1) is 0 Å². The molecule has 0 radical (unpaired) electrons. The number of hydrogen-bond acceptors (Lipinski definition) is 8. The summed E-state index contributed by atoms with van der Waals surface area (Å²) in [5.74, 6) is -5.92. The third kappa shape index (κ3) is 8.05. The summed E-state index contributed by atoms with van der Waals surface area (Å²) >= 11 is 0. The van der Waals surface area contributed by atoms with E-state index in [0.717, 1.165) is 4.90 Å². The molecule has 4 rings (SSSR count). The van der Waals surface area contributed by atoms with Gasteiger partial charge in [0.15, 0.2) is 6.61 Å². The number of pyridine rings is 1. The number of piperazine rings is 1. The molecule has 15 heteroatoms. The van der Waals surface area contributed by atoms with Gasteiger partial charge in [0.2, 0.25) is 5.91 Å². The van der Waals surface area contributed by atoms with Gasteiger partial charge >= 0.3 is 12.1 Å². The molecule has 13 nitrogen and oxygen atoms in total. The zero-order chi connectivity index (χ0) is 31.1. The molecular weight excluding hydrogens is 572 g/mol. The van der Waals surface area contributed by atoms with Crippen LogP contribution in [0.2, 0.25) is 0 Å². The van der Waals surface area contributed by atoms with E-state index in [1.807, 2.05) is 0 Å². The average Bonchev–Trinajstić information content (AvgIpc) is 3.36. The second kappa shape index (κ2) is 13.6. The van der Waals surface area contributed by atoms with Gasteiger partial charge in [0.05, 0.1) is 18.7 Å². The summed E-state index contributed by atoms with van der Waals surface area (Å²) in [6.45, 7) is 1.33. The normalized spacial score (nSPS) is 17.0. The number of para-hydroxylation sites is 1. The molecule has 1 aromatic carbocycles. The quantitative estimate of drug-likeness (QED) is 0.412. The average molecular weight is 606 g/mol. The number of carbonyl (C=O) groups is 5. The smallest absolute Gasteiger partial charge is 0.409 e. The summed E-state index contributed by atoms with van der Waals surface area (Å²) in [5, 5.41) is 12.3. The lowest BCUT2D eigenvalue weighted by Gasteiger charge is -2.35. The van der Waals surface area contributed by atoms with Gasteiger partial charge in [-0.05, 0) is 25.5 Å². The Morgan fingerprint density at radius 3 is 2.40 bits per heavy atom. The van der Waals surface area contributed by atoms with E-state index in [0.29, 0.717) is 10.9 Å². The maximum Gasteiger partial charge on any atom is 0.409 e. The van der Waals surface area contributed by atoms with Crippen molar-refractivity contribution in [3.63, 3.8) is 0 Å². The SMILES string of the molecule is CCOC(=O)N1CCN(C(=O)C(CCC(=O)O)NC(=O)c2cc(OCC(=O)N3CCC(F)(F)C3)c3ccccc3n2)CC1. The molecule has 1 atom stereocenters. The Bertz CT molecular complexity index is 1380. The van der Waals surface area contributed by atoms with Crippen molar-refractivity contribution in [1.82, 2.24) is 25.0 Å². The van der Waals surface area contributed by atoms with Crippen LogP contribution >= 0.6 is 0 Å². The number of carbonyl (C=O) groups excluding carboxylic acids is 4. The highest BCUT2D eigenvalue weighted by Gasteiger charge is 2.40. The number of carboxylic acids is 1. The van der Waals surface area contributed by atoms with Crippen LogP contribution in [0.25, 0.3) is 10.9 Å². The van der Waals surface area contributed by atoms with Crippen molar-refractivity contribution in [2.24, 2.45) is 0 Å². The van der Waals surface area contributed by atoms with Crippen LogP contribution in [-0.4, -0.2) is 119 Å². The number of ether oxygens (including phenoxy) is 2. The standard InChI is InChI=1S/C28H33F2N5O8/c1-2-42-27(41)34-13-11-33(12-14-34)26(40)20(7-8-24(37)38)32-25(39)21-15-22(18-5-3-4-6-19(18)31-21)43-16-23(36)35-10-9-28(29,30)17-35/h3-6,15,20H,2,7-14,16-17H2,1H3,(H,32,39)(H,37,38). The number of fused-ring (bicyclic) bond motifs is 1. The lowest BCUT2D eigenvalue weighted by Crippen LogP contribution is -2.56. The predicted octanol–water partition coefficient (Wildman–Crippen LogP) is 1.75. The van der Waals surface area contributed by atoms with Gasteiger partial charge in [-0.15, -0.1) is 0 Å². The van der Waals surface area contributed by atoms with E-state index in [4.69, 9.17) is 9.47 Å². The minimum atomic E-state index is -2.95. The molecule has 4 amide bonds. The molecule has 2 aromatic rings. The molecule has 1 aromatic heterocycles. The highest BCUT2D eigenvalue weighted by Crippen LogP contribution is 2.28. The molecule has 3 heterocycles. The summed E-state index contributed by atoms with van der Waals surface area (Å²) in [6, 6.07) is 6.71. The first-order chi connectivity index (χ1) is 20.5. The fraction of sp³-hybridized carbons (Fsp3) is 0.500. The number of carboxylic acid groups (broad SMARTS) is 1. The number of rotatable bonds is 10. The summed E-state index contributed by atoms with van der Waals surface area (Å²) in [5.41, 5.74) is 0.183. The van der Waals surface area contributed by atoms with Gasteiger partial charge in [-0.2, -0.15) is 0 Å². The Labute approximate surface area is 245 Å². The fourth-order valence-corrected chi connectivity index (χ4v) is 4.86. The van der Waals surface area contributed by atoms with Gasteiger partial charge in [-0.3, -0.25) is 19.2 Å². The highest BCUT2D eigenvalue weighted by atomic mass is 19.3. The fourth-order valence-electron chi connectivity index (χ4n) is 4.86. The van der Waals surface area contributed by atoms with Crippen LogP contribution in [0.15, 0.2) is 30.3 Å². The number of nitrogens with one attached hydrogen (secondary N) is 1. The van der Waals surface area contributed by atoms with Crippen molar-refractivity contribution < 1.29 is 47.3 Å². The molecule has 232 valence electrons. The molecule has 2 saturated heterocycles. The first-order valence-electron chi connectivity index (χ1n) is 13.9. The number of hydrogen-bond donors (Lipinski definition) is 2. The van der Waals surface area contributed by atoms with E-state index in [-0.39, 0.29) is 57.2 Å². The Morgan fingerprint density at radius 1 is 1.05 bits per heavy atom. The van der Waals surface area contributed by atoms with Gasteiger partial charge in [0, 0.05) is 57.0 Å². The second-order valence-corrected chi connectivity index (χ2v) is 10.2. The van der Waals surface area contributed by atoms with E-state index in [2.05, 4.69) is 10.3 Å². The number of nitrogens with zero attached hydrogens (tertiary/aromatic N) is 4. The van der Waals surface area contributed by atoms with E-state index in [1.54, 1.807) is 31.2 Å². The minimum Gasteiger partial charge on any atom is -0.483 e. The van der Waals surface area contributed by atoms with E-state index in [9.17, 15) is 37.9 Å². The number of aromatic nitrogens is 1. The van der Waals surface area contributed by atoms with Crippen molar-refractivity contribution >= 4 is 40.7 Å². The predicted molar refractivity (Wildman–Crippen MR) is 147 cm³/mol. The molecule has 1 unspecified atom stereocenters. The summed E-state index contributed by atoms with van der Waals surface area (Å²) in [7, 11) is 0. The molecule has 0 spiro atoms. The molecule has 2 fully saturated rings. The highest BCUT2D eigenvalue weighted by molar-refractivity contribution is 5.99. The number of halogens is 2. The van der Waals surface area contributed by atoms with Crippen LogP contribution in [0.3, 0.4) is 0 Å². The first-order valence-corrected chi connectivity index (χ1v) is 13.9. The molecule has 43 heavy (non-hydrogen) atoms. The molecule has 0 saturated carbocycles. The maximum atomic E-state index is 13.6. The zero-order valence-electron chi connectivity index (χ0n) is 23.6. The Hall–Kier alpha value is -4.56. The Balaban J connectivity index is 1.48. The number of alkyl halides is 2. The van der Waals surface area contributed by atoms with Gasteiger partial charge in [0.1, 0.15) is 17.5 Å². The van der Waals surface area contributed by atoms with Gasteiger partial charge in [-0.1, -0.05) is 12.1 Å². The third-order valence-electron chi connectivity index (χ3n) is 7.15. The number of aliphatic carboxylic acids is 1. The molecule has 0 bridgehead atoms. The van der Waals surface area contributed by atoms with Gasteiger partial charge in [0.25, 0.3) is 17.7 Å². The maximum absolute atomic E-state index is 13.6. The van der Waals surface area contributed by atoms with Crippen LogP contribution < -0.4 is 10.1 Å². The monoisotopic (exact) mass is 605 g/mol. The van der Waals surface area contributed by atoms with Gasteiger partial charge < -0.3 is 34.6 Å². The zero-order valence-corrected chi connectivity index (χ0v) is 23.6. The Morgan fingerprint density at radius 2 is 1.74 bits per heavy atom. The van der Waals surface area contributed by atoms with Crippen LogP contribution in [0.5, 0.6) is 5.75 Å². The molecule has 2 aliphatic rings. The lowest BCUT2D eigenvalue weighted by molar-refractivity contribution is -0.138. The first kappa shape index (κ1) is 31.4. The van der Waals surface area contributed by atoms with E-state index in [1.165, 1.54) is 15.9 Å². The van der Waals surface area contributed by atoms with E-state index >= 15 is 0 Å². The lowest BCUT2D eigenvalue weighted by atomic mass is 10.1. The largest absolute Gasteiger partial charge is 0.483 e. The van der Waals surface area contributed by atoms with Crippen molar-refractivity contribution in [3.8, 4) is 5.75 Å². The molecule has 2 aliphatic heterocycles. The summed E-state index contributed by atoms with van der Waals surface area (Å²) in [4.78, 5) is 70.7. The van der Waals surface area contributed by atoms with Crippen LogP contribution in [-0.2, 0) is 19.1 Å². The molecule has 0 aliphatic carbocycles.